The van der Waals surface area contributed by atoms with E-state index in [1.807, 2.05) is 67.7 Å². The first-order chi connectivity index (χ1) is 21.0. The number of rotatable bonds is 14. The molecule has 1 amide bonds. The maximum absolute atomic E-state index is 13.5. The fourth-order valence-corrected chi connectivity index (χ4v) is 5.47. The number of hydrogen-bond donors (Lipinski definition) is 3. The first-order valence-electron chi connectivity index (χ1n) is 14.6. The number of hydrogen-bond acceptors (Lipinski definition) is 8. The third-order valence-electron chi connectivity index (χ3n) is 7.44. The summed E-state index contributed by atoms with van der Waals surface area (Å²) in [4.78, 5) is 33.8. The normalized spacial score (nSPS) is 18.5. The molecule has 43 heavy (non-hydrogen) atoms. The van der Waals surface area contributed by atoms with Crippen LogP contribution >= 0.6 is 0 Å². The highest BCUT2D eigenvalue weighted by atomic mass is 16.7. The van der Waals surface area contributed by atoms with Gasteiger partial charge < -0.3 is 34.4 Å². The van der Waals surface area contributed by atoms with Crippen molar-refractivity contribution >= 4 is 33.8 Å². The van der Waals surface area contributed by atoms with Crippen LogP contribution in [0.25, 0.3) is 21.9 Å². The summed E-state index contributed by atoms with van der Waals surface area (Å²) in [5.41, 5.74) is 3.41. The minimum Gasteiger partial charge on any atom is -0.459 e. The van der Waals surface area contributed by atoms with E-state index in [1.165, 1.54) is 6.92 Å². The summed E-state index contributed by atoms with van der Waals surface area (Å²) in [6.45, 7) is 5.37. The van der Waals surface area contributed by atoms with Gasteiger partial charge in [-0.2, -0.15) is 0 Å². The third-order valence-corrected chi connectivity index (χ3v) is 7.44. The molecule has 1 aliphatic rings. The second kappa shape index (κ2) is 14.4. The van der Waals surface area contributed by atoms with Crippen molar-refractivity contribution in [3.8, 4) is 0 Å². The number of fused-ring (bicyclic) bond motifs is 2. The van der Waals surface area contributed by atoms with E-state index in [0.29, 0.717) is 38.7 Å². The predicted octanol–water partition coefficient (Wildman–Crippen LogP) is 3.89. The number of carbonyl (C=O) groups is 2. The molecule has 3 unspecified atom stereocenters. The van der Waals surface area contributed by atoms with Gasteiger partial charge in [0.25, 0.3) is 5.91 Å². The summed E-state index contributed by atoms with van der Waals surface area (Å²) in [6.07, 6.45) is 3.52. The lowest BCUT2D eigenvalue weighted by Crippen LogP contribution is -2.39. The highest BCUT2D eigenvalue weighted by Crippen LogP contribution is 2.42. The van der Waals surface area contributed by atoms with Crippen LogP contribution in [0.5, 0.6) is 0 Å². The van der Waals surface area contributed by atoms with E-state index in [4.69, 9.17) is 24.1 Å². The van der Waals surface area contributed by atoms with E-state index < -0.39 is 6.29 Å². The Morgan fingerprint density at radius 1 is 1.07 bits per heavy atom. The van der Waals surface area contributed by atoms with Crippen LogP contribution < -0.4 is 5.32 Å². The van der Waals surface area contributed by atoms with E-state index in [1.54, 1.807) is 4.57 Å². The minimum atomic E-state index is -0.722. The van der Waals surface area contributed by atoms with Crippen molar-refractivity contribution in [2.75, 3.05) is 39.6 Å². The Bertz CT molecular complexity index is 1540. The molecule has 0 saturated heterocycles. The number of benzene rings is 2. The standard InChI is InChI=1S/C32H38N4O7/c1-3-42-32-23(12-14-40-16-17-41-15-13-37)24(25-20-36(21(2)38)28-11-7-4-8-22(25)28)18-29(43-32)31(39)33-19-30-34-26-9-5-6-10-27(26)35-30/h4-11,18,20,23-24,32,37H,3,12-17,19H2,1-2H3,(H,33,39)(H,34,35). The van der Waals surface area contributed by atoms with Crippen LogP contribution in [0.15, 0.2) is 66.6 Å². The number of nitrogens with one attached hydrogen (secondary N) is 2. The molecule has 3 heterocycles. The maximum Gasteiger partial charge on any atom is 0.286 e. The Morgan fingerprint density at radius 2 is 1.84 bits per heavy atom. The molecule has 0 saturated carbocycles. The molecule has 5 rings (SSSR count). The minimum absolute atomic E-state index is 0.0362. The number of aliphatic hydroxyl groups excluding tert-OH is 1. The SMILES string of the molecule is CCOC1OC(C(=O)NCc2nc3ccccc3[nH]2)=CC(c2cn(C(C)=O)c3ccccc23)C1CCOCCOCCO. The van der Waals surface area contributed by atoms with Gasteiger partial charge in [-0.1, -0.05) is 30.3 Å². The number of aromatic amines is 1. The van der Waals surface area contributed by atoms with E-state index in [0.717, 1.165) is 27.5 Å². The van der Waals surface area contributed by atoms with Crippen LogP contribution in [0.3, 0.4) is 0 Å². The maximum atomic E-state index is 13.5. The molecule has 11 nitrogen and oxygen atoms in total. The molecule has 11 heteroatoms. The highest BCUT2D eigenvalue weighted by Gasteiger charge is 2.39. The Kier molecular flexibility index (Phi) is 10.2. The smallest absolute Gasteiger partial charge is 0.286 e. The number of nitrogens with zero attached hydrogens (tertiary/aromatic N) is 2. The van der Waals surface area contributed by atoms with Crippen molar-refractivity contribution in [2.24, 2.45) is 5.92 Å². The van der Waals surface area contributed by atoms with Crippen LogP contribution in [-0.2, 0) is 30.3 Å². The van der Waals surface area contributed by atoms with Crippen molar-refractivity contribution in [1.82, 2.24) is 19.9 Å². The van der Waals surface area contributed by atoms with Crippen molar-refractivity contribution < 1.29 is 33.6 Å². The average Bonchev–Trinajstić information content (AvgIpc) is 3.61. The van der Waals surface area contributed by atoms with Crippen molar-refractivity contribution in [3.63, 3.8) is 0 Å². The predicted molar refractivity (Wildman–Crippen MR) is 160 cm³/mol. The largest absolute Gasteiger partial charge is 0.459 e. The van der Waals surface area contributed by atoms with Gasteiger partial charge in [-0.3, -0.25) is 14.2 Å². The number of amides is 1. The topological polar surface area (TPSA) is 137 Å². The molecule has 2 aromatic heterocycles. The summed E-state index contributed by atoms with van der Waals surface area (Å²) in [7, 11) is 0. The lowest BCUT2D eigenvalue weighted by molar-refractivity contribution is -0.168. The summed E-state index contributed by atoms with van der Waals surface area (Å²) in [5, 5.41) is 12.7. The number of allylic oxidation sites excluding steroid dienone is 1. The number of aliphatic hydroxyl groups is 1. The van der Waals surface area contributed by atoms with Gasteiger partial charge in [0.15, 0.2) is 5.76 Å². The lowest BCUT2D eigenvalue weighted by Gasteiger charge is -2.36. The van der Waals surface area contributed by atoms with E-state index in [-0.39, 0.29) is 49.2 Å². The van der Waals surface area contributed by atoms with Gasteiger partial charge in [0, 0.05) is 43.6 Å². The van der Waals surface area contributed by atoms with Crippen LogP contribution in [-0.4, -0.2) is 77.4 Å². The molecular weight excluding hydrogens is 552 g/mol. The molecule has 0 spiro atoms. The fourth-order valence-electron chi connectivity index (χ4n) is 5.47. The molecule has 2 aromatic carbocycles. The second-order valence-corrected chi connectivity index (χ2v) is 10.3. The molecular formula is C32H38N4O7. The summed E-state index contributed by atoms with van der Waals surface area (Å²) in [5.74, 6) is -0.235. The quantitative estimate of drug-likeness (QED) is 0.188. The number of ether oxygens (including phenoxy) is 4. The summed E-state index contributed by atoms with van der Waals surface area (Å²) in [6, 6.07) is 15.4. The van der Waals surface area contributed by atoms with E-state index in [2.05, 4.69) is 15.3 Å². The Labute approximate surface area is 249 Å². The van der Waals surface area contributed by atoms with Crippen LogP contribution in [0, 0.1) is 5.92 Å². The number of carbonyl (C=O) groups excluding carboxylic acids is 2. The van der Waals surface area contributed by atoms with Crippen LogP contribution in [0.2, 0.25) is 0 Å². The van der Waals surface area contributed by atoms with E-state index >= 15 is 0 Å². The number of para-hydroxylation sites is 3. The van der Waals surface area contributed by atoms with Gasteiger partial charge in [0.05, 0.1) is 49.5 Å². The van der Waals surface area contributed by atoms with Gasteiger partial charge in [-0.15, -0.1) is 0 Å². The van der Waals surface area contributed by atoms with Gasteiger partial charge in [0.2, 0.25) is 12.2 Å². The molecule has 228 valence electrons. The Hall–Kier alpha value is -4.03. The summed E-state index contributed by atoms with van der Waals surface area (Å²) < 4.78 is 25.0. The fraction of sp³-hybridized carbons (Fsp3) is 0.406. The molecule has 3 atom stereocenters. The van der Waals surface area contributed by atoms with E-state index in [9.17, 15) is 9.59 Å². The molecule has 1 aliphatic heterocycles. The van der Waals surface area contributed by atoms with Crippen LogP contribution in [0.4, 0.5) is 0 Å². The molecule has 0 bridgehead atoms. The van der Waals surface area contributed by atoms with Crippen molar-refractivity contribution in [3.05, 3.63) is 78.0 Å². The first kappa shape index (κ1) is 30.4. The average molecular weight is 591 g/mol. The van der Waals surface area contributed by atoms with Gasteiger partial charge in [0.1, 0.15) is 5.82 Å². The molecule has 0 aliphatic carbocycles. The molecule has 3 N–H and O–H groups in total. The summed E-state index contributed by atoms with van der Waals surface area (Å²) >= 11 is 0. The van der Waals surface area contributed by atoms with Gasteiger partial charge in [-0.25, -0.2) is 4.98 Å². The second-order valence-electron chi connectivity index (χ2n) is 10.3. The van der Waals surface area contributed by atoms with Crippen molar-refractivity contribution in [2.45, 2.75) is 39.0 Å². The number of aromatic nitrogens is 3. The molecule has 4 aromatic rings. The Balaban J connectivity index is 1.42. The van der Waals surface area contributed by atoms with Crippen molar-refractivity contribution in [1.29, 1.82) is 0 Å². The van der Waals surface area contributed by atoms with Crippen LogP contribution in [0.1, 0.15) is 42.4 Å². The zero-order chi connectivity index (χ0) is 30.2. The zero-order valence-corrected chi connectivity index (χ0v) is 24.5. The first-order valence-corrected chi connectivity index (χ1v) is 14.6. The molecule has 0 fully saturated rings. The Morgan fingerprint density at radius 3 is 2.60 bits per heavy atom. The van der Waals surface area contributed by atoms with Gasteiger partial charge >= 0.3 is 0 Å². The van der Waals surface area contributed by atoms with Gasteiger partial charge in [-0.05, 0) is 43.2 Å². The number of H-pyrrole nitrogens is 1. The third kappa shape index (κ3) is 7.14. The molecule has 0 radical (unpaired) electrons. The monoisotopic (exact) mass is 590 g/mol. The highest BCUT2D eigenvalue weighted by molar-refractivity contribution is 5.95. The number of imidazole rings is 1. The lowest BCUT2D eigenvalue weighted by atomic mass is 9.81. The zero-order valence-electron chi connectivity index (χ0n) is 24.5.